The maximum atomic E-state index is 12.7. The van der Waals surface area contributed by atoms with E-state index < -0.39 is 17.9 Å². The second-order valence-electron chi connectivity index (χ2n) is 7.92. The third-order valence-corrected chi connectivity index (χ3v) is 6.30. The number of rotatable bonds is 8. The SMILES string of the molecule is COc1ccc(/C=C/C(=O)N[C@H](C(=O)OCc2nc3sc(C)c(C)c3c(=O)[nH]2)C(C)C)cc1. The van der Waals surface area contributed by atoms with Gasteiger partial charge in [-0.3, -0.25) is 9.59 Å². The average Bonchev–Trinajstić information content (AvgIpc) is 3.08. The van der Waals surface area contributed by atoms with Crippen molar-refractivity contribution in [1.29, 1.82) is 0 Å². The van der Waals surface area contributed by atoms with Gasteiger partial charge in [0, 0.05) is 11.0 Å². The summed E-state index contributed by atoms with van der Waals surface area (Å²) < 4.78 is 10.5. The standard InChI is InChI=1S/C24H27N3O5S/c1-13(2)21(27-19(28)11-8-16-6-9-17(31-5)10-7-16)24(30)32-12-18-25-22(29)20-14(3)15(4)33-23(20)26-18/h6-11,13,21H,12H2,1-5H3,(H,27,28)(H,25,26,29)/b11-8+/t21-/m0/s1. The molecule has 1 atom stereocenters. The Morgan fingerprint density at radius 1 is 1.21 bits per heavy atom. The summed E-state index contributed by atoms with van der Waals surface area (Å²) in [5.74, 6) is -0.238. The van der Waals surface area contributed by atoms with Crippen LogP contribution in [0, 0.1) is 19.8 Å². The van der Waals surface area contributed by atoms with Gasteiger partial charge in [-0.2, -0.15) is 0 Å². The highest BCUT2D eigenvalue weighted by atomic mass is 32.1. The van der Waals surface area contributed by atoms with Crippen molar-refractivity contribution < 1.29 is 19.1 Å². The van der Waals surface area contributed by atoms with Gasteiger partial charge in [0.05, 0.1) is 12.5 Å². The Hall–Kier alpha value is -3.46. The molecule has 33 heavy (non-hydrogen) atoms. The van der Waals surface area contributed by atoms with E-state index in [1.54, 1.807) is 25.3 Å². The fraction of sp³-hybridized carbons (Fsp3) is 0.333. The highest BCUT2D eigenvalue weighted by Crippen LogP contribution is 2.25. The van der Waals surface area contributed by atoms with Gasteiger partial charge in [-0.15, -0.1) is 11.3 Å². The largest absolute Gasteiger partial charge is 0.497 e. The van der Waals surface area contributed by atoms with Gasteiger partial charge in [-0.1, -0.05) is 26.0 Å². The van der Waals surface area contributed by atoms with E-state index >= 15 is 0 Å². The van der Waals surface area contributed by atoms with Crippen molar-refractivity contribution in [1.82, 2.24) is 15.3 Å². The van der Waals surface area contributed by atoms with Crippen LogP contribution in [0.4, 0.5) is 0 Å². The van der Waals surface area contributed by atoms with Gasteiger partial charge < -0.3 is 19.8 Å². The van der Waals surface area contributed by atoms with Crippen LogP contribution in [0.15, 0.2) is 35.1 Å². The molecule has 9 heteroatoms. The number of aryl methyl sites for hydroxylation is 2. The lowest BCUT2D eigenvalue weighted by Gasteiger charge is -2.20. The summed E-state index contributed by atoms with van der Waals surface area (Å²) in [6.45, 7) is 7.23. The zero-order valence-corrected chi connectivity index (χ0v) is 20.0. The van der Waals surface area contributed by atoms with Crippen molar-refractivity contribution in [2.75, 3.05) is 7.11 Å². The molecule has 1 aromatic carbocycles. The number of ether oxygens (including phenoxy) is 2. The van der Waals surface area contributed by atoms with Crippen LogP contribution in [-0.4, -0.2) is 35.0 Å². The summed E-state index contributed by atoms with van der Waals surface area (Å²) in [6.07, 6.45) is 3.01. The van der Waals surface area contributed by atoms with Gasteiger partial charge in [0.1, 0.15) is 29.1 Å². The third-order valence-electron chi connectivity index (χ3n) is 5.20. The number of nitrogens with zero attached hydrogens (tertiary/aromatic N) is 1. The molecule has 0 spiro atoms. The number of esters is 1. The maximum Gasteiger partial charge on any atom is 0.329 e. The topological polar surface area (TPSA) is 110 Å². The first-order valence-electron chi connectivity index (χ1n) is 10.5. The van der Waals surface area contributed by atoms with Gasteiger partial charge in [0.25, 0.3) is 5.56 Å². The highest BCUT2D eigenvalue weighted by molar-refractivity contribution is 7.18. The molecule has 1 amide bonds. The van der Waals surface area contributed by atoms with Crippen molar-refractivity contribution in [3.63, 3.8) is 0 Å². The Labute approximate surface area is 195 Å². The number of H-pyrrole nitrogens is 1. The molecule has 0 saturated carbocycles. The Bertz CT molecular complexity index is 1240. The molecule has 3 rings (SSSR count). The molecular weight excluding hydrogens is 442 g/mol. The quantitative estimate of drug-likeness (QED) is 0.386. The molecule has 0 aliphatic rings. The predicted molar refractivity (Wildman–Crippen MR) is 128 cm³/mol. The Kier molecular flexibility index (Phi) is 7.65. The Morgan fingerprint density at radius 2 is 1.91 bits per heavy atom. The fourth-order valence-electron chi connectivity index (χ4n) is 3.18. The van der Waals surface area contributed by atoms with Gasteiger partial charge in [0.15, 0.2) is 0 Å². The molecule has 8 nitrogen and oxygen atoms in total. The monoisotopic (exact) mass is 469 g/mol. The molecule has 2 N–H and O–H groups in total. The van der Waals surface area contributed by atoms with E-state index in [2.05, 4.69) is 15.3 Å². The lowest BCUT2D eigenvalue weighted by atomic mass is 10.0. The summed E-state index contributed by atoms with van der Waals surface area (Å²) in [5, 5.41) is 3.24. The van der Waals surface area contributed by atoms with E-state index in [1.165, 1.54) is 17.4 Å². The molecule has 0 fully saturated rings. The molecule has 0 radical (unpaired) electrons. The summed E-state index contributed by atoms with van der Waals surface area (Å²) in [6, 6.07) is 6.37. The van der Waals surface area contributed by atoms with E-state index in [0.29, 0.717) is 10.2 Å². The zero-order chi connectivity index (χ0) is 24.1. The number of carbonyl (C=O) groups excluding carboxylic acids is 2. The first kappa shape index (κ1) is 24.2. The summed E-state index contributed by atoms with van der Waals surface area (Å²) in [4.78, 5) is 46.1. The number of aromatic amines is 1. The molecule has 2 heterocycles. The number of fused-ring (bicyclic) bond motifs is 1. The van der Waals surface area contributed by atoms with Crippen molar-refractivity contribution >= 4 is 39.5 Å². The molecule has 0 aliphatic carbocycles. The molecule has 174 valence electrons. The van der Waals surface area contributed by atoms with Crippen LogP contribution in [-0.2, 0) is 20.9 Å². The third kappa shape index (κ3) is 5.87. The average molecular weight is 470 g/mol. The molecule has 0 saturated heterocycles. The molecule has 2 aromatic heterocycles. The number of nitrogens with one attached hydrogen (secondary N) is 2. The molecule has 0 aliphatic heterocycles. The van der Waals surface area contributed by atoms with Gasteiger partial charge in [-0.25, -0.2) is 9.78 Å². The summed E-state index contributed by atoms with van der Waals surface area (Å²) >= 11 is 1.42. The first-order valence-corrected chi connectivity index (χ1v) is 11.3. The van der Waals surface area contributed by atoms with Crippen molar-refractivity contribution in [3.05, 3.63) is 62.5 Å². The number of carbonyl (C=O) groups is 2. The van der Waals surface area contributed by atoms with Crippen LogP contribution < -0.4 is 15.6 Å². The predicted octanol–water partition coefficient (Wildman–Crippen LogP) is 3.51. The Balaban J connectivity index is 1.63. The van der Waals surface area contributed by atoms with Crippen LogP contribution in [0.1, 0.15) is 35.7 Å². The zero-order valence-electron chi connectivity index (χ0n) is 19.2. The van der Waals surface area contributed by atoms with Crippen LogP contribution >= 0.6 is 11.3 Å². The molecular formula is C24H27N3O5S. The minimum atomic E-state index is -0.848. The van der Waals surface area contributed by atoms with Crippen molar-refractivity contribution in [2.45, 2.75) is 40.3 Å². The number of thiophene rings is 1. The van der Waals surface area contributed by atoms with Crippen LogP contribution in [0.5, 0.6) is 5.75 Å². The highest BCUT2D eigenvalue weighted by Gasteiger charge is 2.25. The van der Waals surface area contributed by atoms with E-state index in [9.17, 15) is 14.4 Å². The van der Waals surface area contributed by atoms with Gasteiger partial charge in [-0.05, 0) is 49.1 Å². The normalized spacial score (nSPS) is 12.3. The van der Waals surface area contributed by atoms with Crippen molar-refractivity contribution in [3.8, 4) is 5.75 Å². The number of hydrogen-bond donors (Lipinski definition) is 2. The molecule has 0 unspecified atom stereocenters. The second-order valence-corrected chi connectivity index (χ2v) is 9.12. The number of amides is 1. The summed E-state index contributed by atoms with van der Waals surface area (Å²) in [5.41, 5.74) is 1.46. The van der Waals surface area contributed by atoms with Crippen LogP contribution in [0.25, 0.3) is 16.3 Å². The fourth-order valence-corrected chi connectivity index (χ4v) is 4.23. The Morgan fingerprint density at radius 3 is 2.55 bits per heavy atom. The van der Waals surface area contributed by atoms with Gasteiger partial charge >= 0.3 is 5.97 Å². The molecule has 3 aromatic rings. The first-order chi connectivity index (χ1) is 15.7. The maximum absolute atomic E-state index is 12.7. The van der Waals surface area contributed by atoms with Crippen LogP contribution in [0.3, 0.4) is 0 Å². The van der Waals surface area contributed by atoms with Crippen LogP contribution in [0.2, 0.25) is 0 Å². The smallest absolute Gasteiger partial charge is 0.329 e. The second kappa shape index (κ2) is 10.4. The van der Waals surface area contributed by atoms with E-state index in [4.69, 9.17) is 9.47 Å². The van der Waals surface area contributed by atoms with E-state index in [-0.39, 0.29) is 23.9 Å². The minimum absolute atomic E-state index is 0.194. The lowest BCUT2D eigenvalue weighted by molar-refractivity contribution is -0.150. The summed E-state index contributed by atoms with van der Waals surface area (Å²) in [7, 11) is 1.58. The lowest BCUT2D eigenvalue weighted by Crippen LogP contribution is -2.44. The van der Waals surface area contributed by atoms with E-state index in [1.807, 2.05) is 39.8 Å². The number of benzene rings is 1. The van der Waals surface area contributed by atoms with E-state index in [0.717, 1.165) is 21.8 Å². The van der Waals surface area contributed by atoms with Crippen molar-refractivity contribution in [2.24, 2.45) is 5.92 Å². The van der Waals surface area contributed by atoms with Gasteiger partial charge in [0.2, 0.25) is 5.91 Å². The number of hydrogen-bond acceptors (Lipinski definition) is 7. The minimum Gasteiger partial charge on any atom is -0.497 e. The number of aromatic nitrogens is 2. The number of methoxy groups -OCH3 is 1. The molecule has 0 bridgehead atoms.